The van der Waals surface area contributed by atoms with Crippen LogP contribution in [-0.4, -0.2) is 16.2 Å². The molecule has 0 spiro atoms. The van der Waals surface area contributed by atoms with Gasteiger partial charge in [-0.05, 0) is 126 Å². The van der Waals surface area contributed by atoms with Crippen LogP contribution in [0.25, 0.3) is 11.1 Å². The average molecular weight is 898 g/mol. The van der Waals surface area contributed by atoms with E-state index in [9.17, 15) is 15.0 Å². The zero-order valence-corrected chi connectivity index (χ0v) is 25.8. The minimum absolute atomic E-state index is 0.120. The fourth-order valence-electron chi connectivity index (χ4n) is 4.34. The third kappa shape index (κ3) is 3.82. The van der Waals surface area contributed by atoms with Gasteiger partial charge in [0, 0.05) is 31.0 Å². The number of ether oxygens (including phenoxy) is 1. The predicted octanol–water partition coefficient (Wildman–Crippen LogP) is 7.65. The van der Waals surface area contributed by atoms with E-state index < -0.39 is 11.6 Å². The molecule has 1 aliphatic heterocycles. The van der Waals surface area contributed by atoms with E-state index in [1.54, 1.807) is 36.4 Å². The van der Waals surface area contributed by atoms with Gasteiger partial charge in [0.05, 0.1) is 5.56 Å². The molecule has 4 nitrogen and oxygen atoms in total. The Hall–Kier alpha value is -1.13. The highest BCUT2D eigenvalue weighted by molar-refractivity contribution is 14.1. The maximum absolute atomic E-state index is 13.5. The molecule has 170 valence electrons. The lowest BCUT2D eigenvalue weighted by molar-refractivity contribution is 0.0251. The molecule has 5 rings (SSSR count). The molecule has 34 heavy (non-hydrogen) atoms. The first-order chi connectivity index (χ1) is 16.3. The Labute approximate surface area is 250 Å². The van der Waals surface area contributed by atoms with Crippen molar-refractivity contribution in [2.45, 2.75) is 5.60 Å². The highest BCUT2D eigenvalue weighted by atomic mass is 127. The van der Waals surface area contributed by atoms with E-state index in [2.05, 4.69) is 90.4 Å². The Balaban J connectivity index is 1.96. The van der Waals surface area contributed by atoms with Gasteiger partial charge in [-0.3, -0.25) is 0 Å². The molecule has 1 aliphatic rings. The van der Waals surface area contributed by atoms with Crippen molar-refractivity contribution in [2.75, 3.05) is 0 Å². The SMILES string of the molecule is O=C1OC(c2ccc(O)cc2)(c2ccc(O)cc2-c2ccccc2)c2c(I)c(I)c(I)c(I)c21. The molecule has 4 aromatic carbocycles. The van der Waals surface area contributed by atoms with Gasteiger partial charge < -0.3 is 14.9 Å². The topological polar surface area (TPSA) is 66.8 Å². The van der Waals surface area contributed by atoms with Gasteiger partial charge in [0.25, 0.3) is 0 Å². The second-order valence-electron chi connectivity index (χ2n) is 7.72. The molecule has 0 saturated heterocycles. The summed E-state index contributed by atoms with van der Waals surface area (Å²) in [5, 5.41) is 20.4. The normalized spacial score (nSPS) is 16.9. The van der Waals surface area contributed by atoms with Crippen molar-refractivity contribution in [3.63, 3.8) is 0 Å². The third-order valence-electron chi connectivity index (χ3n) is 5.81. The number of phenolic OH excluding ortho intramolecular Hbond substituents is 2. The molecule has 0 amide bonds. The Bertz CT molecular complexity index is 1450. The molecule has 0 saturated carbocycles. The number of cyclic esters (lactones) is 1. The molecule has 1 atom stereocenters. The molecule has 0 fully saturated rings. The van der Waals surface area contributed by atoms with Crippen molar-refractivity contribution in [1.82, 2.24) is 0 Å². The van der Waals surface area contributed by atoms with Crippen molar-refractivity contribution in [3.8, 4) is 22.6 Å². The van der Waals surface area contributed by atoms with E-state index in [1.807, 2.05) is 36.4 Å². The van der Waals surface area contributed by atoms with Crippen LogP contribution in [-0.2, 0) is 10.3 Å². The van der Waals surface area contributed by atoms with Crippen LogP contribution in [0.5, 0.6) is 11.5 Å². The Morgan fingerprint density at radius 1 is 0.706 bits per heavy atom. The van der Waals surface area contributed by atoms with E-state index in [0.717, 1.165) is 36.5 Å². The lowest BCUT2D eigenvalue weighted by Crippen LogP contribution is -2.31. The summed E-state index contributed by atoms with van der Waals surface area (Å²) in [6.07, 6.45) is 0. The van der Waals surface area contributed by atoms with Crippen molar-refractivity contribution in [2.24, 2.45) is 0 Å². The van der Waals surface area contributed by atoms with E-state index in [0.29, 0.717) is 11.1 Å². The molecule has 4 aromatic rings. The Morgan fingerprint density at radius 2 is 1.32 bits per heavy atom. The zero-order chi connectivity index (χ0) is 24.2. The van der Waals surface area contributed by atoms with Crippen LogP contribution >= 0.6 is 90.4 Å². The van der Waals surface area contributed by atoms with Crippen LogP contribution in [0.2, 0.25) is 0 Å². The van der Waals surface area contributed by atoms with Crippen molar-refractivity contribution in [1.29, 1.82) is 0 Å². The number of carbonyl (C=O) groups is 1. The highest BCUT2D eigenvalue weighted by Gasteiger charge is 2.53. The number of fused-ring (bicyclic) bond motifs is 1. The first-order valence-corrected chi connectivity index (χ1v) is 14.4. The molecule has 0 radical (unpaired) electrons. The van der Waals surface area contributed by atoms with E-state index >= 15 is 0 Å². The lowest BCUT2D eigenvalue weighted by atomic mass is 9.77. The van der Waals surface area contributed by atoms with Gasteiger partial charge in [-0.25, -0.2) is 4.79 Å². The van der Waals surface area contributed by atoms with Gasteiger partial charge in [0.2, 0.25) is 0 Å². The Kier molecular flexibility index (Phi) is 6.78. The summed E-state index contributed by atoms with van der Waals surface area (Å²) in [5.74, 6) is -0.153. The number of aromatic hydroxyl groups is 2. The molecular formula is C26H14I4O4. The molecule has 0 aliphatic carbocycles. The zero-order valence-electron chi connectivity index (χ0n) is 17.2. The highest BCUT2D eigenvalue weighted by Crippen LogP contribution is 2.54. The minimum Gasteiger partial charge on any atom is -0.508 e. The number of hydrogen-bond donors (Lipinski definition) is 2. The fourth-order valence-corrected chi connectivity index (χ4v) is 8.12. The summed E-state index contributed by atoms with van der Waals surface area (Å²) in [6.45, 7) is 0. The third-order valence-corrected chi connectivity index (χ3v) is 13.2. The fraction of sp³-hybridized carbons (Fsp3) is 0.0385. The average Bonchev–Trinajstić information content (AvgIpc) is 3.16. The number of rotatable bonds is 3. The maximum atomic E-state index is 13.5. The van der Waals surface area contributed by atoms with Crippen LogP contribution < -0.4 is 0 Å². The molecule has 1 heterocycles. The number of halogens is 4. The summed E-state index contributed by atoms with van der Waals surface area (Å²) in [7, 11) is 0. The standard InChI is InChI=1S/C26H14I4O4/c27-21-19-20(22(28)24(30)23(21)29)26(34-25(19)33,14-6-8-15(31)9-7-14)18-11-10-16(32)12-17(18)13-4-2-1-3-5-13/h1-12,31-32H. The second kappa shape index (κ2) is 9.39. The first-order valence-electron chi connectivity index (χ1n) is 10.0. The monoisotopic (exact) mass is 898 g/mol. The number of carbonyl (C=O) groups excluding carboxylic acids is 1. The minimum atomic E-state index is -1.26. The van der Waals surface area contributed by atoms with Crippen LogP contribution in [0.4, 0.5) is 0 Å². The molecular weight excluding hydrogens is 884 g/mol. The van der Waals surface area contributed by atoms with Gasteiger partial charge in [0.1, 0.15) is 11.5 Å². The smallest absolute Gasteiger partial charge is 0.341 e. The summed E-state index contributed by atoms with van der Waals surface area (Å²) < 4.78 is 10.2. The van der Waals surface area contributed by atoms with Crippen LogP contribution in [0, 0.1) is 14.3 Å². The number of esters is 1. The van der Waals surface area contributed by atoms with Gasteiger partial charge >= 0.3 is 5.97 Å². The predicted molar refractivity (Wildman–Crippen MR) is 164 cm³/mol. The van der Waals surface area contributed by atoms with Crippen molar-refractivity contribution >= 4 is 96.3 Å². The van der Waals surface area contributed by atoms with Crippen LogP contribution in [0.15, 0.2) is 72.8 Å². The first kappa shape index (κ1) is 24.6. The molecule has 2 N–H and O–H groups in total. The van der Waals surface area contributed by atoms with Crippen LogP contribution in [0.1, 0.15) is 27.0 Å². The molecule has 1 unspecified atom stereocenters. The molecule has 8 heteroatoms. The number of phenols is 2. The summed E-state index contributed by atoms with van der Waals surface area (Å²) >= 11 is 9.10. The summed E-state index contributed by atoms with van der Waals surface area (Å²) in [5.41, 5.74) is 3.16. The van der Waals surface area contributed by atoms with Crippen LogP contribution in [0.3, 0.4) is 0 Å². The summed E-state index contributed by atoms with van der Waals surface area (Å²) in [6, 6.07) is 21.6. The van der Waals surface area contributed by atoms with E-state index in [4.69, 9.17) is 4.74 Å². The van der Waals surface area contributed by atoms with Gasteiger partial charge in [0.15, 0.2) is 5.60 Å². The number of hydrogen-bond acceptors (Lipinski definition) is 4. The van der Waals surface area contributed by atoms with E-state index in [-0.39, 0.29) is 11.5 Å². The number of benzene rings is 4. The molecule has 0 aromatic heterocycles. The van der Waals surface area contributed by atoms with Gasteiger partial charge in [-0.15, -0.1) is 0 Å². The molecule has 0 bridgehead atoms. The maximum Gasteiger partial charge on any atom is 0.341 e. The summed E-state index contributed by atoms with van der Waals surface area (Å²) in [4.78, 5) is 13.5. The lowest BCUT2D eigenvalue weighted by Gasteiger charge is -2.33. The van der Waals surface area contributed by atoms with Gasteiger partial charge in [-0.2, -0.15) is 0 Å². The van der Waals surface area contributed by atoms with Crippen molar-refractivity contribution in [3.05, 3.63) is 109 Å². The van der Waals surface area contributed by atoms with Crippen molar-refractivity contribution < 1.29 is 19.7 Å². The van der Waals surface area contributed by atoms with E-state index in [1.165, 1.54) is 0 Å². The quantitative estimate of drug-likeness (QED) is 0.0962. The largest absolute Gasteiger partial charge is 0.508 e. The van der Waals surface area contributed by atoms with Gasteiger partial charge in [-0.1, -0.05) is 48.5 Å². The second-order valence-corrected chi connectivity index (χ2v) is 12.0. The Morgan fingerprint density at radius 3 is 2.00 bits per heavy atom.